The van der Waals surface area contributed by atoms with Crippen LogP contribution in [-0.4, -0.2) is 49.3 Å². The first-order valence-electron chi connectivity index (χ1n) is 21.0. The van der Waals surface area contributed by atoms with Crippen LogP contribution in [0.1, 0.15) is 187 Å². The molecule has 0 radical (unpaired) electrons. The molecule has 0 aliphatic heterocycles. The van der Waals surface area contributed by atoms with Crippen LogP contribution in [0.25, 0.3) is 0 Å². The number of nitrogens with two attached hydrogens (primary N) is 1. The highest BCUT2D eigenvalue weighted by Crippen LogP contribution is 2.43. The molecule has 0 spiro atoms. The van der Waals surface area contributed by atoms with Crippen molar-refractivity contribution in [2.45, 2.75) is 193 Å². The van der Waals surface area contributed by atoms with Gasteiger partial charge in [-0.3, -0.25) is 18.6 Å². The molecule has 304 valence electrons. The first-order valence-corrected chi connectivity index (χ1v) is 22.5. The maximum Gasteiger partial charge on any atom is 0.472 e. The van der Waals surface area contributed by atoms with Crippen molar-refractivity contribution >= 4 is 19.8 Å². The van der Waals surface area contributed by atoms with Crippen molar-refractivity contribution in [1.29, 1.82) is 0 Å². The van der Waals surface area contributed by atoms with Gasteiger partial charge >= 0.3 is 19.8 Å². The van der Waals surface area contributed by atoms with Gasteiger partial charge in [0, 0.05) is 19.4 Å². The minimum Gasteiger partial charge on any atom is -0.462 e. The van der Waals surface area contributed by atoms with Crippen molar-refractivity contribution in [3.63, 3.8) is 0 Å². The minimum absolute atomic E-state index is 0.0498. The van der Waals surface area contributed by atoms with Crippen molar-refractivity contribution in [3.05, 3.63) is 36.5 Å². The number of esters is 2. The lowest BCUT2D eigenvalue weighted by Crippen LogP contribution is -2.29. The Morgan fingerprint density at radius 3 is 1.52 bits per heavy atom. The number of rotatable bonds is 39. The number of phosphoric acid groups is 1. The van der Waals surface area contributed by atoms with Crippen LogP contribution < -0.4 is 5.73 Å². The van der Waals surface area contributed by atoms with E-state index in [1.165, 1.54) is 96.3 Å². The van der Waals surface area contributed by atoms with E-state index in [4.69, 9.17) is 24.3 Å². The van der Waals surface area contributed by atoms with Gasteiger partial charge in [0.25, 0.3) is 0 Å². The molecule has 0 rings (SSSR count). The average molecular weight is 756 g/mol. The molecule has 0 aromatic rings. The summed E-state index contributed by atoms with van der Waals surface area (Å²) in [5, 5.41) is 0. The zero-order valence-electron chi connectivity index (χ0n) is 33.3. The Kier molecular flexibility index (Phi) is 37.6. The number of unbranched alkanes of at least 4 members (excludes halogenated alkanes) is 20. The number of carbonyl (C=O) groups is 2. The molecular formula is C42H78NO8P. The van der Waals surface area contributed by atoms with Crippen LogP contribution in [-0.2, 0) is 32.7 Å². The van der Waals surface area contributed by atoms with Crippen LogP contribution in [0.4, 0.5) is 0 Å². The molecule has 10 heteroatoms. The maximum absolute atomic E-state index is 12.6. The van der Waals surface area contributed by atoms with E-state index < -0.39 is 26.5 Å². The highest BCUT2D eigenvalue weighted by molar-refractivity contribution is 7.47. The second-order valence-corrected chi connectivity index (χ2v) is 15.3. The summed E-state index contributed by atoms with van der Waals surface area (Å²) < 4.78 is 32.7. The summed E-state index contributed by atoms with van der Waals surface area (Å²) in [4.78, 5) is 34.8. The third-order valence-corrected chi connectivity index (χ3v) is 9.76. The molecule has 0 fully saturated rings. The third kappa shape index (κ3) is 38.0. The number of allylic oxidation sites excluding steroid dienone is 6. The van der Waals surface area contributed by atoms with Crippen molar-refractivity contribution in [1.82, 2.24) is 0 Å². The molecule has 52 heavy (non-hydrogen) atoms. The summed E-state index contributed by atoms with van der Waals surface area (Å²) in [6.07, 6.45) is 41.7. The van der Waals surface area contributed by atoms with Gasteiger partial charge in [0.15, 0.2) is 6.10 Å². The first kappa shape index (κ1) is 50.2. The highest BCUT2D eigenvalue weighted by Gasteiger charge is 2.26. The molecule has 0 heterocycles. The highest BCUT2D eigenvalue weighted by atomic mass is 31.2. The van der Waals surface area contributed by atoms with E-state index in [1.54, 1.807) is 0 Å². The first-order chi connectivity index (χ1) is 25.3. The summed E-state index contributed by atoms with van der Waals surface area (Å²) in [7, 11) is -4.38. The zero-order valence-corrected chi connectivity index (χ0v) is 34.2. The molecule has 9 nitrogen and oxygen atoms in total. The lowest BCUT2D eigenvalue weighted by atomic mass is 10.0. The van der Waals surface area contributed by atoms with E-state index in [-0.39, 0.29) is 38.6 Å². The summed E-state index contributed by atoms with van der Waals surface area (Å²) in [6.45, 7) is 3.68. The molecule has 1 unspecified atom stereocenters. The fourth-order valence-electron chi connectivity index (χ4n) is 5.64. The fraction of sp³-hybridized carbons (Fsp3) is 0.810. The second kappa shape index (κ2) is 38.9. The number of phosphoric ester groups is 1. The number of hydrogen-bond donors (Lipinski definition) is 2. The van der Waals surface area contributed by atoms with Crippen molar-refractivity contribution in [2.24, 2.45) is 5.73 Å². The quantitative estimate of drug-likeness (QED) is 0.0272. The van der Waals surface area contributed by atoms with Gasteiger partial charge in [-0.2, -0.15) is 0 Å². The molecule has 0 saturated heterocycles. The van der Waals surface area contributed by atoms with Gasteiger partial charge in [-0.25, -0.2) is 4.57 Å². The van der Waals surface area contributed by atoms with E-state index >= 15 is 0 Å². The topological polar surface area (TPSA) is 134 Å². The van der Waals surface area contributed by atoms with Gasteiger partial charge in [0.05, 0.1) is 13.2 Å². The van der Waals surface area contributed by atoms with Crippen LogP contribution in [0.15, 0.2) is 36.5 Å². The monoisotopic (exact) mass is 756 g/mol. The third-order valence-electron chi connectivity index (χ3n) is 8.78. The van der Waals surface area contributed by atoms with E-state index in [0.717, 1.165) is 57.8 Å². The molecule has 0 bridgehead atoms. The van der Waals surface area contributed by atoms with E-state index in [0.29, 0.717) is 6.42 Å². The largest absolute Gasteiger partial charge is 0.472 e. The van der Waals surface area contributed by atoms with Crippen LogP contribution in [0.3, 0.4) is 0 Å². The van der Waals surface area contributed by atoms with Crippen LogP contribution >= 0.6 is 7.82 Å². The maximum atomic E-state index is 12.6. The Hall–Kier alpha value is -1.77. The Balaban J connectivity index is 4.21. The molecule has 0 saturated carbocycles. The van der Waals surface area contributed by atoms with Crippen LogP contribution in [0.5, 0.6) is 0 Å². The van der Waals surface area contributed by atoms with Gasteiger partial charge in [0.1, 0.15) is 6.61 Å². The molecule has 0 amide bonds. The van der Waals surface area contributed by atoms with E-state index in [9.17, 15) is 19.0 Å². The number of ether oxygens (including phenoxy) is 2. The summed E-state index contributed by atoms with van der Waals surface area (Å²) in [6, 6.07) is 0. The molecule has 0 aromatic carbocycles. The fourth-order valence-corrected chi connectivity index (χ4v) is 6.41. The van der Waals surface area contributed by atoms with Gasteiger partial charge in [-0.15, -0.1) is 0 Å². The van der Waals surface area contributed by atoms with Crippen molar-refractivity contribution in [2.75, 3.05) is 26.4 Å². The van der Waals surface area contributed by atoms with Gasteiger partial charge in [0.2, 0.25) is 0 Å². The Labute approximate surface area is 318 Å². The Bertz CT molecular complexity index is 954. The normalized spacial score (nSPS) is 13.7. The molecule has 3 N–H and O–H groups in total. The smallest absolute Gasteiger partial charge is 0.462 e. The Morgan fingerprint density at radius 2 is 1.00 bits per heavy atom. The van der Waals surface area contributed by atoms with E-state index in [1.807, 2.05) is 0 Å². The predicted molar refractivity (Wildman–Crippen MR) is 215 cm³/mol. The minimum atomic E-state index is -4.38. The zero-order chi connectivity index (χ0) is 38.2. The van der Waals surface area contributed by atoms with Crippen molar-refractivity contribution in [3.8, 4) is 0 Å². The summed E-state index contributed by atoms with van der Waals surface area (Å²) >= 11 is 0. The molecule has 0 aromatic heterocycles. The lowest BCUT2D eigenvalue weighted by molar-refractivity contribution is -0.161. The molecule has 0 aliphatic rings. The second-order valence-electron chi connectivity index (χ2n) is 13.9. The van der Waals surface area contributed by atoms with Crippen molar-refractivity contribution < 1.29 is 37.6 Å². The predicted octanol–water partition coefficient (Wildman–Crippen LogP) is 11.8. The summed E-state index contributed by atoms with van der Waals surface area (Å²) in [5.74, 6) is -0.850. The van der Waals surface area contributed by atoms with Gasteiger partial charge in [-0.05, 0) is 51.4 Å². The average Bonchev–Trinajstić information content (AvgIpc) is 3.13. The SMILES string of the molecule is CCCCC/C=C/C/C=C/C/C=C/CCCCCCC(=O)O[C@H](COC(=O)CCCCCCCCCCCCCCCC)COP(=O)(O)OCCN. The van der Waals surface area contributed by atoms with E-state index in [2.05, 4.69) is 50.3 Å². The molecule has 2 atom stereocenters. The van der Waals surface area contributed by atoms with Crippen LogP contribution in [0, 0.1) is 0 Å². The van der Waals surface area contributed by atoms with Gasteiger partial charge in [-0.1, -0.05) is 159 Å². The summed E-state index contributed by atoms with van der Waals surface area (Å²) in [5.41, 5.74) is 5.34. The standard InChI is InChI=1S/C42H78NO8P/c1-3-5-7-9-11-13-15-17-19-20-21-23-25-27-29-31-33-35-42(45)51-40(39-50-52(46,47)49-37-36-43)38-48-41(44)34-32-30-28-26-24-22-18-16-14-12-10-8-6-4-2/h11,13,17,19,21,23,40H,3-10,12,14-16,18,20,22,24-39,43H2,1-2H3,(H,46,47)/b13-11+,19-17+,23-21+/t40-/m1/s1. The molecule has 0 aliphatic carbocycles. The number of carbonyl (C=O) groups excluding carboxylic acids is 2. The van der Waals surface area contributed by atoms with Gasteiger partial charge < -0.3 is 20.1 Å². The number of hydrogen-bond acceptors (Lipinski definition) is 8. The Morgan fingerprint density at radius 1 is 0.577 bits per heavy atom. The lowest BCUT2D eigenvalue weighted by Gasteiger charge is -2.19. The van der Waals surface area contributed by atoms with Crippen LogP contribution in [0.2, 0.25) is 0 Å². The molecular weight excluding hydrogens is 677 g/mol.